The molecule has 1 unspecified atom stereocenters. The van der Waals surface area contributed by atoms with E-state index in [0.29, 0.717) is 18.9 Å². The van der Waals surface area contributed by atoms with Crippen molar-refractivity contribution >= 4 is 11.5 Å². The average molecular weight is 253 g/mol. The van der Waals surface area contributed by atoms with Gasteiger partial charge >= 0.3 is 0 Å². The summed E-state index contributed by atoms with van der Waals surface area (Å²) in [6.07, 6.45) is 0.878. The number of amidine groups is 1. The molecule has 0 aliphatic carbocycles. The number of halogens is 1. The second-order valence-corrected chi connectivity index (χ2v) is 4.25. The first kappa shape index (κ1) is 12.6. The summed E-state index contributed by atoms with van der Waals surface area (Å²) in [5.41, 5.74) is 6.25. The van der Waals surface area contributed by atoms with E-state index in [9.17, 15) is 4.39 Å². The molecule has 0 bridgehead atoms. The molecular formula is C12H16FN3O2. The van der Waals surface area contributed by atoms with Gasteiger partial charge in [-0.25, -0.2) is 4.39 Å². The first-order chi connectivity index (χ1) is 8.65. The maximum atomic E-state index is 13.8. The van der Waals surface area contributed by atoms with E-state index < -0.39 is 5.82 Å². The van der Waals surface area contributed by atoms with Crippen molar-refractivity contribution in [3.05, 3.63) is 29.6 Å². The number of nitrogens with two attached hydrogens (primary N) is 1. The number of likely N-dealkylation sites (N-methyl/N-ethyl adjacent to an activating group) is 1. The van der Waals surface area contributed by atoms with Gasteiger partial charge in [0.15, 0.2) is 5.84 Å². The lowest BCUT2D eigenvalue weighted by molar-refractivity contribution is 0.193. The highest BCUT2D eigenvalue weighted by Gasteiger charge is 2.24. The zero-order valence-corrected chi connectivity index (χ0v) is 10.1. The van der Waals surface area contributed by atoms with E-state index in [1.807, 2.05) is 11.9 Å². The van der Waals surface area contributed by atoms with Crippen LogP contribution in [-0.2, 0) is 4.74 Å². The number of hydrogen-bond acceptors (Lipinski definition) is 4. The summed E-state index contributed by atoms with van der Waals surface area (Å²) in [5.74, 6) is -0.734. The second-order valence-electron chi connectivity index (χ2n) is 4.25. The molecule has 6 heteroatoms. The average Bonchev–Trinajstić information content (AvgIpc) is 2.90. The molecule has 98 valence electrons. The van der Waals surface area contributed by atoms with Crippen molar-refractivity contribution in [2.45, 2.75) is 12.5 Å². The minimum atomic E-state index is -0.506. The minimum Gasteiger partial charge on any atom is -0.409 e. The SMILES string of the molecule is CN(c1cccc(F)c1/C(N)=N/O)C1CCOC1. The molecule has 2 rings (SSSR count). The van der Waals surface area contributed by atoms with E-state index >= 15 is 0 Å². The molecule has 1 heterocycles. The third-order valence-corrected chi connectivity index (χ3v) is 3.19. The van der Waals surface area contributed by atoms with Crippen LogP contribution in [0.3, 0.4) is 0 Å². The van der Waals surface area contributed by atoms with Crippen molar-refractivity contribution in [2.24, 2.45) is 10.9 Å². The number of nitrogens with zero attached hydrogens (tertiary/aromatic N) is 2. The molecule has 1 atom stereocenters. The van der Waals surface area contributed by atoms with Crippen molar-refractivity contribution in [3.63, 3.8) is 0 Å². The van der Waals surface area contributed by atoms with Crippen LogP contribution in [-0.4, -0.2) is 37.3 Å². The lowest BCUT2D eigenvalue weighted by Gasteiger charge is -2.27. The molecule has 0 saturated carbocycles. The van der Waals surface area contributed by atoms with E-state index in [4.69, 9.17) is 15.7 Å². The Morgan fingerprint density at radius 1 is 1.61 bits per heavy atom. The van der Waals surface area contributed by atoms with Crippen molar-refractivity contribution in [2.75, 3.05) is 25.2 Å². The molecule has 18 heavy (non-hydrogen) atoms. The number of benzene rings is 1. The zero-order valence-electron chi connectivity index (χ0n) is 10.1. The highest BCUT2D eigenvalue weighted by Crippen LogP contribution is 2.26. The largest absolute Gasteiger partial charge is 0.409 e. The fraction of sp³-hybridized carbons (Fsp3) is 0.417. The zero-order chi connectivity index (χ0) is 13.1. The predicted octanol–water partition coefficient (Wildman–Crippen LogP) is 1.15. The topological polar surface area (TPSA) is 71.1 Å². The van der Waals surface area contributed by atoms with Gasteiger partial charge in [0.05, 0.1) is 23.9 Å². The maximum Gasteiger partial charge on any atom is 0.175 e. The number of ether oxygens (including phenoxy) is 1. The molecule has 1 saturated heterocycles. The van der Waals surface area contributed by atoms with E-state index in [0.717, 1.165) is 6.42 Å². The summed E-state index contributed by atoms with van der Waals surface area (Å²) in [4.78, 5) is 1.91. The van der Waals surface area contributed by atoms with Crippen molar-refractivity contribution in [3.8, 4) is 0 Å². The van der Waals surface area contributed by atoms with Gasteiger partial charge in [0.2, 0.25) is 0 Å². The van der Waals surface area contributed by atoms with Crippen LogP contribution < -0.4 is 10.6 Å². The number of anilines is 1. The molecule has 1 aliphatic rings. The summed E-state index contributed by atoms with van der Waals surface area (Å²) >= 11 is 0. The summed E-state index contributed by atoms with van der Waals surface area (Å²) in [6.45, 7) is 1.30. The summed E-state index contributed by atoms with van der Waals surface area (Å²) in [6, 6.07) is 4.81. The number of rotatable bonds is 3. The van der Waals surface area contributed by atoms with Crippen LogP contribution in [0.1, 0.15) is 12.0 Å². The van der Waals surface area contributed by atoms with Crippen molar-refractivity contribution in [1.29, 1.82) is 0 Å². The Balaban J connectivity index is 2.40. The van der Waals surface area contributed by atoms with Gasteiger partial charge in [-0.1, -0.05) is 11.2 Å². The van der Waals surface area contributed by atoms with E-state index in [2.05, 4.69) is 5.16 Å². The Morgan fingerprint density at radius 3 is 3.00 bits per heavy atom. The smallest absolute Gasteiger partial charge is 0.175 e. The van der Waals surface area contributed by atoms with Gasteiger partial charge < -0.3 is 20.6 Å². The van der Waals surface area contributed by atoms with Gasteiger partial charge in [0, 0.05) is 13.7 Å². The Bertz CT molecular complexity index is 459. The van der Waals surface area contributed by atoms with Crippen LogP contribution in [0.25, 0.3) is 0 Å². The second kappa shape index (κ2) is 5.22. The molecule has 1 aromatic carbocycles. The van der Waals surface area contributed by atoms with E-state index in [1.54, 1.807) is 12.1 Å². The monoisotopic (exact) mass is 253 g/mol. The van der Waals surface area contributed by atoms with Crippen molar-refractivity contribution in [1.82, 2.24) is 0 Å². The Morgan fingerprint density at radius 2 is 2.39 bits per heavy atom. The lowest BCUT2D eigenvalue weighted by Crippen LogP contribution is -2.34. The van der Waals surface area contributed by atoms with Crippen molar-refractivity contribution < 1.29 is 14.3 Å². The van der Waals surface area contributed by atoms with E-state index in [-0.39, 0.29) is 17.4 Å². The number of oxime groups is 1. The van der Waals surface area contributed by atoms with Gasteiger partial charge in [-0.15, -0.1) is 0 Å². The summed E-state index contributed by atoms with van der Waals surface area (Å²) in [7, 11) is 1.85. The number of hydrogen-bond donors (Lipinski definition) is 2. The molecule has 3 N–H and O–H groups in total. The van der Waals surface area contributed by atoms with Gasteiger partial charge in [0.1, 0.15) is 5.82 Å². The lowest BCUT2D eigenvalue weighted by atomic mass is 10.1. The van der Waals surface area contributed by atoms with Crippen LogP contribution in [0, 0.1) is 5.82 Å². The minimum absolute atomic E-state index is 0.120. The molecule has 0 spiro atoms. The van der Waals surface area contributed by atoms with Gasteiger partial charge in [-0.05, 0) is 18.6 Å². The van der Waals surface area contributed by atoms with Gasteiger partial charge in [-0.2, -0.15) is 0 Å². The van der Waals surface area contributed by atoms with Crippen LogP contribution in [0.2, 0.25) is 0 Å². The Kier molecular flexibility index (Phi) is 3.66. The molecular weight excluding hydrogens is 237 g/mol. The first-order valence-corrected chi connectivity index (χ1v) is 5.72. The van der Waals surface area contributed by atoms with Crippen LogP contribution in [0.4, 0.5) is 10.1 Å². The quantitative estimate of drug-likeness (QED) is 0.367. The summed E-state index contributed by atoms with van der Waals surface area (Å²) < 4.78 is 19.1. The van der Waals surface area contributed by atoms with Gasteiger partial charge in [-0.3, -0.25) is 0 Å². The molecule has 0 radical (unpaired) electrons. The molecule has 1 fully saturated rings. The fourth-order valence-corrected chi connectivity index (χ4v) is 2.13. The first-order valence-electron chi connectivity index (χ1n) is 5.72. The predicted molar refractivity (Wildman–Crippen MR) is 66.5 cm³/mol. The molecule has 0 aromatic heterocycles. The normalized spacial score (nSPS) is 20.1. The molecule has 1 aliphatic heterocycles. The van der Waals surface area contributed by atoms with Gasteiger partial charge in [0.25, 0.3) is 0 Å². The third kappa shape index (κ3) is 2.24. The fourth-order valence-electron chi connectivity index (χ4n) is 2.13. The van der Waals surface area contributed by atoms with Crippen LogP contribution in [0.5, 0.6) is 0 Å². The summed E-state index contributed by atoms with van der Waals surface area (Å²) in [5, 5.41) is 11.6. The Hall–Kier alpha value is -1.82. The Labute approximate surface area is 105 Å². The highest BCUT2D eigenvalue weighted by atomic mass is 19.1. The van der Waals surface area contributed by atoms with Crippen LogP contribution >= 0.6 is 0 Å². The standard InChI is InChI=1S/C12H16FN3O2/c1-16(8-5-6-18-7-8)10-4-2-3-9(13)11(10)12(14)15-17/h2-4,8,17H,5-7H2,1H3,(H2,14,15). The molecule has 1 aromatic rings. The van der Waals surface area contributed by atoms with Crippen LogP contribution in [0.15, 0.2) is 23.4 Å². The van der Waals surface area contributed by atoms with E-state index in [1.165, 1.54) is 6.07 Å². The molecule has 0 amide bonds. The third-order valence-electron chi connectivity index (χ3n) is 3.19. The maximum absolute atomic E-state index is 13.8. The highest BCUT2D eigenvalue weighted by molar-refractivity contribution is 6.02. The molecule has 5 nitrogen and oxygen atoms in total.